The van der Waals surface area contributed by atoms with Gasteiger partial charge in [-0.15, -0.1) is 0 Å². The summed E-state index contributed by atoms with van der Waals surface area (Å²) in [6.45, 7) is 9.59. The molecular weight excluding hydrogens is 476 g/mol. The van der Waals surface area contributed by atoms with Gasteiger partial charge in [0, 0.05) is 26.8 Å². The number of carbonyl (C=O) groups is 2. The molecule has 0 unspecified atom stereocenters. The number of ether oxygens (including phenoxy) is 2. The average Bonchev–Trinajstić information content (AvgIpc) is 3.63. The molecule has 0 spiro atoms. The summed E-state index contributed by atoms with van der Waals surface area (Å²) in [6.07, 6.45) is 2.47. The van der Waals surface area contributed by atoms with Crippen molar-refractivity contribution in [1.82, 2.24) is 15.6 Å². The van der Waals surface area contributed by atoms with Crippen LogP contribution in [0.3, 0.4) is 0 Å². The van der Waals surface area contributed by atoms with Gasteiger partial charge < -0.3 is 35.2 Å². The summed E-state index contributed by atoms with van der Waals surface area (Å²) >= 11 is 0. The van der Waals surface area contributed by atoms with E-state index in [2.05, 4.69) is 20.5 Å². The number of hydrogen-bond acceptors (Lipinski definition) is 8. The van der Waals surface area contributed by atoms with E-state index in [0.717, 1.165) is 12.1 Å². The van der Waals surface area contributed by atoms with Crippen LogP contribution in [0.1, 0.15) is 63.9 Å². The summed E-state index contributed by atoms with van der Waals surface area (Å²) in [4.78, 5) is 33.3. The molecule has 3 rings (SSSR count). The highest BCUT2D eigenvalue weighted by Gasteiger charge is 2.39. The minimum Gasteiger partial charge on any atom is -0.476 e. The van der Waals surface area contributed by atoms with E-state index in [1.807, 2.05) is 33.8 Å². The lowest BCUT2D eigenvalue weighted by Crippen LogP contribution is -2.60. The lowest BCUT2D eigenvalue weighted by Gasteiger charge is -2.40. The van der Waals surface area contributed by atoms with E-state index >= 15 is 0 Å². The summed E-state index contributed by atoms with van der Waals surface area (Å²) in [5, 5.41) is 24.9. The molecule has 2 amide bonds. The Labute approximate surface area is 220 Å². The Morgan fingerprint density at radius 3 is 2.43 bits per heavy atom. The molecular formula is C27H44N4O6. The summed E-state index contributed by atoms with van der Waals surface area (Å²) in [5.41, 5.74) is -0.175. The minimum absolute atomic E-state index is 0.143. The first-order valence-electron chi connectivity index (χ1n) is 13.5. The molecule has 0 aromatic carbocycles. The summed E-state index contributed by atoms with van der Waals surface area (Å²) < 4.78 is 11.4. The monoisotopic (exact) mass is 520 g/mol. The van der Waals surface area contributed by atoms with Crippen LogP contribution in [0.5, 0.6) is 5.88 Å². The van der Waals surface area contributed by atoms with E-state index in [1.54, 1.807) is 13.2 Å². The van der Waals surface area contributed by atoms with Crippen LogP contribution in [0, 0.1) is 17.8 Å². The molecule has 1 aliphatic heterocycles. The molecule has 2 heterocycles. The first-order valence-corrected chi connectivity index (χ1v) is 13.5. The number of rotatable bonds is 15. The number of aliphatic hydroxyl groups excluding tert-OH is 2. The number of nitrogens with zero attached hydrogens (tertiary/aromatic N) is 2. The Morgan fingerprint density at radius 1 is 1.19 bits per heavy atom. The van der Waals surface area contributed by atoms with Gasteiger partial charge in [0.1, 0.15) is 16.9 Å². The zero-order valence-corrected chi connectivity index (χ0v) is 22.8. The fourth-order valence-corrected chi connectivity index (χ4v) is 4.77. The van der Waals surface area contributed by atoms with Gasteiger partial charge >= 0.3 is 0 Å². The largest absolute Gasteiger partial charge is 0.476 e. The van der Waals surface area contributed by atoms with Crippen LogP contribution in [-0.4, -0.2) is 84.7 Å². The average molecular weight is 521 g/mol. The maximum atomic E-state index is 13.4. The van der Waals surface area contributed by atoms with Crippen LogP contribution < -0.4 is 20.3 Å². The molecule has 0 bridgehead atoms. The predicted octanol–water partition coefficient (Wildman–Crippen LogP) is 1.74. The molecule has 1 saturated heterocycles. The molecule has 3 atom stereocenters. The molecule has 2 fully saturated rings. The Balaban J connectivity index is 1.76. The number of methoxy groups -OCH3 is 1. The Bertz CT molecular complexity index is 916. The van der Waals surface area contributed by atoms with Crippen molar-refractivity contribution < 1.29 is 29.3 Å². The van der Waals surface area contributed by atoms with Gasteiger partial charge in [-0.25, -0.2) is 4.98 Å². The second kappa shape index (κ2) is 12.9. The van der Waals surface area contributed by atoms with Gasteiger partial charge in [0.2, 0.25) is 11.8 Å². The number of pyridine rings is 1. The van der Waals surface area contributed by atoms with E-state index in [0.29, 0.717) is 50.8 Å². The molecule has 10 nitrogen and oxygen atoms in total. The van der Waals surface area contributed by atoms with Gasteiger partial charge in [-0.1, -0.05) is 27.7 Å². The van der Waals surface area contributed by atoms with Gasteiger partial charge in [0.25, 0.3) is 5.91 Å². The first-order chi connectivity index (χ1) is 17.7. The van der Waals surface area contributed by atoms with Crippen molar-refractivity contribution in [3.05, 3.63) is 17.8 Å². The fraction of sp³-hybridized carbons (Fsp3) is 0.741. The summed E-state index contributed by atoms with van der Waals surface area (Å²) in [5.74, 6) is 0.433. The van der Waals surface area contributed by atoms with Crippen molar-refractivity contribution in [2.24, 2.45) is 17.8 Å². The number of nitrogens with one attached hydrogen (secondary N) is 2. The van der Waals surface area contributed by atoms with Crippen LogP contribution in [0.2, 0.25) is 0 Å². The van der Waals surface area contributed by atoms with E-state index in [1.165, 1.54) is 0 Å². The van der Waals surface area contributed by atoms with Crippen molar-refractivity contribution >= 4 is 17.5 Å². The third-order valence-electron chi connectivity index (χ3n) is 7.64. The van der Waals surface area contributed by atoms with Crippen LogP contribution in [0.15, 0.2) is 12.1 Å². The Kier molecular flexibility index (Phi) is 10.1. The highest BCUT2D eigenvalue weighted by molar-refractivity contribution is 5.98. The van der Waals surface area contributed by atoms with Gasteiger partial charge in [0.15, 0.2) is 0 Å². The molecule has 208 valence electrons. The van der Waals surface area contributed by atoms with Crippen molar-refractivity contribution in [1.29, 1.82) is 0 Å². The van der Waals surface area contributed by atoms with Gasteiger partial charge in [0.05, 0.1) is 25.4 Å². The standard InChI is InChI=1S/C27H44N4O6/c1-6-27(7-2,26(35)28-20(15-33)10-17(3)4)30-24(34)22-8-9-23(31-12-21(13-31)36-5)25(29-22)37-16-19-11-18(19)14-32/h8-9,17-21,32-33H,6-7,10-16H2,1-5H3,(H,28,35)(H,30,34)/t18-,19-,20+/m1/s1. The topological polar surface area (TPSA) is 133 Å². The molecule has 37 heavy (non-hydrogen) atoms. The van der Waals surface area contributed by atoms with Crippen LogP contribution in [-0.2, 0) is 9.53 Å². The summed E-state index contributed by atoms with van der Waals surface area (Å²) in [6, 6.07) is 3.09. The molecule has 1 saturated carbocycles. The van der Waals surface area contributed by atoms with Gasteiger partial charge in [-0.05, 0) is 55.6 Å². The second-order valence-electron chi connectivity index (χ2n) is 10.8. The number of aromatic nitrogens is 1. The molecule has 4 N–H and O–H groups in total. The third-order valence-corrected chi connectivity index (χ3v) is 7.64. The zero-order valence-electron chi connectivity index (χ0n) is 22.8. The molecule has 2 aliphatic rings. The number of carbonyl (C=O) groups excluding carboxylic acids is 2. The first kappa shape index (κ1) is 29.1. The highest BCUT2D eigenvalue weighted by Crippen LogP contribution is 2.39. The minimum atomic E-state index is -1.13. The number of aliphatic hydroxyl groups is 2. The van der Waals surface area contributed by atoms with E-state index in [4.69, 9.17) is 9.47 Å². The van der Waals surface area contributed by atoms with E-state index in [-0.39, 0.29) is 48.8 Å². The maximum absolute atomic E-state index is 13.4. The normalized spacial score (nSPS) is 20.4. The molecule has 10 heteroatoms. The molecule has 1 aromatic rings. The quantitative estimate of drug-likeness (QED) is 0.275. The van der Waals surface area contributed by atoms with Crippen molar-refractivity contribution in [2.75, 3.05) is 44.9 Å². The Hall–Kier alpha value is -2.43. The number of anilines is 1. The summed E-state index contributed by atoms with van der Waals surface area (Å²) in [7, 11) is 1.68. The second-order valence-corrected chi connectivity index (χ2v) is 10.8. The maximum Gasteiger partial charge on any atom is 0.270 e. The van der Waals surface area contributed by atoms with E-state index < -0.39 is 11.4 Å². The smallest absolute Gasteiger partial charge is 0.270 e. The predicted molar refractivity (Wildman–Crippen MR) is 141 cm³/mol. The lowest BCUT2D eigenvalue weighted by molar-refractivity contribution is -0.128. The molecule has 1 aliphatic carbocycles. The fourth-order valence-electron chi connectivity index (χ4n) is 4.77. The third kappa shape index (κ3) is 7.12. The van der Waals surface area contributed by atoms with Crippen LogP contribution >= 0.6 is 0 Å². The number of hydrogen-bond donors (Lipinski definition) is 4. The van der Waals surface area contributed by atoms with Crippen molar-refractivity contribution in [3.8, 4) is 5.88 Å². The zero-order chi connectivity index (χ0) is 27.2. The van der Waals surface area contributed by atoms with Crippen LogP contribution in [0.25, 0.3) is 0 Å². The van der Waals surface area contributed by atoms with Crippen LogP contribution in [0.4, 0.5) is 5.69 Å². The lowest BCUT2D eigenvalue weighted by atomic mass is 9.90. The van der Waals surface area contributed by atoms with Gasteiger partial charge in [-0.3, -0.25) is 9.59 Å². The van der Waals surface area contributed by atoms with Crippen molar-refractivity contribution in [3.63, 3.8) is 0 Å². The number of amides is 2. The van der Waals surface area contributed by atoms with E-state index in [9.17, 15) is 19.8 Å². The highest BCUT2D eigenvalue weighted by atomic mass is 16.5. The van der Waals surface area contributed by atoms with Crippen molar-refractivity contribution in [2.45, 2.75) is 71.1 Å². The molecule has 0 radical (unpaired) electrons. The SMILES string of the molecule is CCC(CC)(NC(=O)c1ccc(N2CC(OC)C2)c(OC[C@H]2C[C@@H]2CO)n1)C(=O)N[C@H](CO)CC(C)C. The molecule has 1 aromatic heterocycles. The van der Waals surface area contributed by atoms with Gasteiger partial charge in [-0.2, -0.15) is 0 Å². The Morgan fingerprint density at radius 2 is 1.89 bits per heavy atom.